The standard InChI is InChI=1S/C21H21NO3/c23-20(18-7-3-4-8-19(18)21(24)25)22-15-9-10-17-14(12-15)11-13-5-1-2-6-16(13)17/h1-2,5-6,9-10,12,18-19H,3-4,7-8,11H2,(H,22,23)(H,24,25). The number of fused-ring (bicyclic) bond motifs is 3. The van der Waals surface area contributed by atoms with E-state index in [1.807, 2.05) is 30.3 Å². The first kappa shape index (κ1) is 15.9. The van der Waals surface area contributed by atoms with Gasteiger partial charge in [0.05, 0.1) is 11.8 Å². The molecule has 2 N–H and O–H groups in total. The van der Waals surface area contributed by atoms with Gasteiger partial charge in [-0.25, -0.2) is 0 Å². The van der Waals surface area contributed by atoms with Gasteiger partial charge < -0.3 is 10.4 Å². The number of rotatable bonds is 3. The maximum absolute atomic E-state index is 12.6. The van der Waals surface area contributed by atoms with Crippen molar-refractivity contribution in [3.8, 4) is 11.1 Å². The van der Waals surface area contributed by atoms with Crippen LogP contribution < -0.4 is 5.32 Å². The second-order valence-electron chi connectivity index (χ2n) is 7.03. The number of aliphatic carboxylic acids is 1. The fourth-order valence-electron chi connectivity index (χ4n) is 4.20. The third-order valence-corrected chi connectivity index (χ3v) is 5.48. The molecule has 1 amide bonds. The molecule has 0 aromatic heterocycles. The van der Waals surface area contributed by atoms with Crippen LogP contribution in [0.1, 0.15) is 36.8 Å². The third kappa shape index (κ3) is 2.93. The van der Waals surface area contributed by atoms with Crippen LogP contribution in [0.3, 0.4) is 0 Å². The Morgan fingerprint density at radius 2 is 1.64 bits per heavy atom. The predicted molar refractivity (Wildman–Crippen MR) is 96.4 cm³/mol. The normalized spacial score (nSPS) is 21.3. The molecule has 128 valence electrons. The molecular weight excluding hydrogens is 314 g/mol. The van der Waals surface area contributed by atoms with Gasteiger partial charge in [-0.3, -0.25) is 9.59 Å². The number of anilines is 1. The van der Waals surface area contributed by atoms with E-state index < -0.39 is 17.8 Å². The molecule has 2 aromatic carbocycles. The molecule has 2 unspecified atom stereocenters. The fraction of sp³-hybridized carbons (Fsp3) is 0.333. The smallest absolute Gasteiger partial charge is 0.307 e. The summed E-state index contributed by atoms with van der Waals surface area (Å²) in [5.41, 5.74) is 5.74. The lowest BCUT2D eigenvalue weighted by Crippen LogP contribution is -2.36. The minimum Gasteiger partial charge on any atom is -0.481 e. The first-order valence-electron chi connectivity index (χ1n) is 8.88. The van der Waals surface area contributed by atoms with Crippen molar-refractivity contribution in [2.75, 3.05) is 5.32 Å². The van der Waals surface area contributed by atoms with Crippen LogP contribution in [-0.2, 0) is 16.0 Å². The minimum atomic E-state index is -0.857. The van der Waals surface area contributed by atoms with Crippen molar-refractivity contribution in [1.82, 2.24) is 0 Å². The Labute approximate surface area is 146 Å². The van der Waals surface area contributed by atoms with Crippen molar-refractivity contribution in [2.24, 2.45) is 11.8 Å². The predicted octanol–water partition coefficient (Wildman–Crippen LogP) is 4.09. The first-order valence-corrected chi connectivity index (χ1v) is 8.88. The molecule has 2 aliphatic rings. The molecule has 2 atom stereocenters. The summed E-state index contributed by atoms with van der Waals surface area (Å²) in [6.07, 6.45) is 3.92. The molecule has 0 aliphatic heterocycles. The number of nitrogens with one attached hydrogen (secondary N) is 1. The van der Waals surface area contributed by atoms with Crippen LogP contribution in [0, 0.1) is 11.8 Å². The Morgan fingerprint density at radius 3 is 2.44 bits per heavy atom. The van der Waals surface area contributed by atoms with E-state index in [0.29, 0.717) is 12.8 Å². The maximum Gasteiger partial charge on any atom is 0.307 e. The van der Waals surface area contributed by atoms with Crippen molar-refractivity contribution in [3.63, 3.8) is 0 Å². The van der Waals surface area contributed by atoms with Gasteiger partial charge in [0, 0.05) is 5.69 Å². The Kier molecular flexibility index (Phi) is 4.04. The monoisotopic (exact) mass is 335 g/mol. The Hall–Kier alpha value is -2.62. The van der Waals surface area contributed by atoms with Gasteiger partial charge in [-0.1, -0.05) is 43.2 Å². The Balaban J connectivity index is 1.53. The van der Waals surface area contributed by atoms with Crippen molar-refractivity contribution in [1.29, 1.82) is 0 Å². The summed E-state index contributed by atoms with van der Waals surface area (Å²) in [4.78, 5) is 24.0. The van der Waals surface area contributed by atoms with E-state index in [1.165, 1.54) is 22.3 Å². The zero-order chi connectivity index (χ0) is 17.4. The number of amides is 1. The molecule has 0 heterocycles. The van der Waals surface area contributed by atoms with Gasteiger partial charge in [0.15, 0.2) is 0 Å². The lowest BCUT2D eigenvalue weighted by Gasteiger charge is -2.27. The number of benzene rings is 2. The van der Waals surface area contributed by atoms with E-state index in [1.54, 1.807) is 0 Å². The summed E-state index contributed by atoms with van der Waals surface area (Å²) in [5, 5.41) is 12.3. The Bertz CT molecular complexity index is 843. The van der Waals surface area contributed by atoms with Crippen LogP contribution >= 0.6 is 0 Å². The van der Waals surface area contributed by atoms with Gasteiger partial charge in [0.25, 0.3) is 0 Å². The molecule has 1 saturated carbocycles. The Morgan fingerprint density at radius 1 is 0.920 bits per heavy atom. The molecule has 0 radical (unpaired) electrons. The summed E-state index contributed by atoms with van der Waals surface area (Å²) in [7, 11) is 0. The van der Waals surface area contributed by atoms with E-state index >= 15 is 0 Å². The zero-order valence-corrected chi connectivity index (χ0v) is 14.0. The number of hydrogen-bond acceptors (Lipinski definition) is 2. The van der Waals surface area contributed by atoms with Crippen molar-refractivity contribution < 1.29 is 14.7 Å². The summed E-state index contributed by atoms with van der Waals surface area (Å²) in [6, 6.07) is 14.3. The molecule has 0 saturated heterocycles. The van der Waals surface area contributed by atoms with Gasteiger partial charge in [0.1, 0.15) is 0 Å². The third-order valence-electron chi connectivity index (χ3n) is 5.48. The number of carbonyl (C=O) groups excluding carboxylic acids is 1. The van der Waals surface area contributed by atoms with E-state index in [4.69, 9.17) is 0 Å². The quantitative estimate of drug-likeness (QED) is 0.758. The summed E-state index contributed by atoms with van der Waals surface area (Å²) in [6.45, 7) is 0. The number of carbonyl (C=O) groups is 2. The summed E-state index contributed by atoms with van der Waals surface area (Å²) < 4.78 is 0. The highest BCUT2D eigenvalue weighted by Crippen LogP contribution is 2.38. The van der Waals surface area contributed by atoms with E-state index in [-0.39, 0.29) is 5.91 Å². The topological polar surface area (TPSA) is 66.4 Å². The van der Waals surface area contributed by atoms with Crippen LogP contribution in [0.15, 0.2) is 42.5 Å². The van der Waals surface area contributed by atoms with Crippen molar-refractivity contribution in [3.05, 3.63) is 53.6 Å². The highest BCUT2D eigenvalue weighted by Gasteiger charge is 2.35. The highest BCUT2D eigenvalue weighted by molar-refractivity contribution is 5.95. The lowest BCUT2D eigenvalue weighted by atomic mass is 9.78. The van der Waals surface area contributed by atoms with Gasteiger partial charge in [-0.05, 0) is 53.6 Å². The van der Waals surface area contributed by atoms with E-state index in [2.05, 4.69) is 17.4 Å². The minimum absolute atomic E-state index is 0.164. The molecule has 4 rings (SSSR count). The van der Waals surface area contributed by atoms with Gasteiger partial charge in [-0.15, -0.1) is 0 Å². The SMILES string of the molecule is O=C(O)C1CCCCC1C(=O)Nc1ccc2c(c1)Cc1ccccc1-2. The van der Waals surface area contributed by atoms with Crippen LogP contribution in [0.5, 0.6) is 0 Å². The average Bonchev–Trinajstić information content (AvgIpc) is 2.99. The van der Waals surface area contributed by atoms with Crippen molar-refractivity contribution in [2.45, 2.75) is 32.1 Å². The molecule has 2 aliphatic carbocycles. The highest BCUT2D eigenvalue weighted by atomic mass is 16.4. The second-order valence-corrected chi connectivity index (χ2v) is 7.03. The maximum atomic E-state index is 12.6. The molecule has 4 heteroatoms. The number of carboxylic acid groups (broad SMARTS) is 1. The van der Waals surface area contributed by atoms with Crippen LogP contribution in [-0.4, -0.2) is 17.0 Å². The first-order chi connectivity index (χ1) is 12.1. The van der Waals surface area contributed by atoms with Crippen LogP contribution in [0.2, 0.25) is 0 Å². The molecule has 1 fully saturated rings. The van der Waals surface area contributed by atoms with Crippen LogP contribution in [0.25, 0.3) is 11.1 Å². The molecule has 2 aromatic rings. The zero-order valence-electron chi connectivity index (χ0n) is 14.0. The number of carboxylic acids is 1. The van der Waals surface area contributed by atoms with E-state index in [9.17, 15) is 14.7 Å². The average molecular weight is 335 g/mol. The van der Waals surface area contributed by atoms with Crippen LogP contribution in [0.4, 0.5) is 5.69 Å². The van der Waals surface area contributed by atoms with Gasteiger partial charge in [0.2, 0.25) is 5.91 Å². The summed E-state index contributed by atoms with van der Waals surface area (Å²) >= 11 is 0. The molecule has 0 spiro atoms. The lowest BCUT2D eigenvalue weighted by molar-refractivity contribution is -0.147. The largest absolute Gasteiger partial charge is 0.481 e. The van der Waals surface area contributed by atoms with Crippen molar-refractivity contribution >= 4 is 17.6 Å². The van der Waals surface area contributed by atoms with Gasteiger partial charge >= 0.3 is 5.97 Å². The second kappa shape index (κ2) is 6.36. The molecule has 25 heavy (non-hydrogen) atoms. The molecule has 0 bridgehead atoms. The summed E-state index contributed by atoms with van der Waals surface area (Å²) in [5.74, 6) is -2.02. The molecular formula is C21H21NO3. The van der Waals surface area contributed by atoms with Gasteiger partial charge in [-0.2, -0.15) is 0 Å². The fourth-order valence-corrected chi connectivity index (χ4v) is 4.20. The van der Waals surface area contributed by atoms with E-state index in [0.717, 1.165) is 24.9 Å². The molecule has 4 nitrogen and oxygen atoms in total. The number of hydrogen-bond donors (Lipinski definition) is 2.